The second-order valence-electron chi connectivity index (χ2n) is 6.90. The maximum Gasteiger partial charge on any atom is 0.0476 e. The van der Waals surface area contributed by atoms with Crippen LogP contribution in [0.15, 0.2) is 0 Å². The summed E-state index contributed by atoms with van der Waals surface area (Å²) in [5, 5.41) is 3.80. The number of likely N-dealkylation sites (tertiary alicyclic amines) is 1. The van der Waals surface area contributed by atoms with Crippen LogP contribution < -0.4 is 5.32 Å². The van der Waals surface area contributed by atoms with Gasteiger partial charge in [-0.3, -0.25) is 4.90 Å². The number of nitrogens with zero attached hydrogens (tertiary/aromatic N) is 1. The Balaban J connectivity index is 1.88. The number of methoxy groups -OCH3 is 1. The summed E-state index contributed by atoms with van der Waals surface area (Å²) in [6.45, 7) is 7.00. The van der Waals surface area contributed by atoms with Gasteiger partial charge in [0.1, 0.15) is 0 Å². The molecule has 0 bridgehead atoms. The second-order valence-corrected chi connectivity index (χ2v) is 6.90. The van der Waals surface area contributed by atoms with E-state index < -0.39 is 0 Å². The normalized spacial score (nSPS) is 25.5. The molecule has 2 rings (SSSR count). The van der Waals surface area contributed by atoms with Crippen LogP contribution in [0.4, 0.5) is 0 Å². The summed E-state index contributed by atoms with van der Waals surface area (Å²) >= 11 is 0. The molecular formula is C17H34N2O. The molecule has 0 spiro atoms. The molecule has 3 heteroatoms. The van der Waals surface area contributed by atoms with Crippen LogP contribution in [0.1, 0.15) is 64.7 Å². The van der Waals surface area contributed by atoms with E-state index in [-0.39, 0.29) is 0 Å². The summed E-state index contributed by atoms with van der Waals surface area (Å²) in [5.74, 6) is 0. The lowest BCUT2D eigenvalue weighted by atomic mass is 9.79. The Morgan fingerprint density at radius 2 is 1.70 bits per heavy atom. The molecule has 2 aliphatic rings. The molecule has 118 valence electrons. The fraction of sp³-hybridized carbons (Fsp3) is 1.00. The summed E-state index contributed by atoms with van der Waals surface area (Å²) in [6.07, 6.45) is 12.4. The largest absolute Gasteiger partial charge is 0.385 e. The number of hydrogen-bond acceptors (Lipinski definition) is 3. The summed E-state index contributed by atoms with van der Waals surface area (Å²) in [5.41, 5.74) is 0.458. The van der Waals surface area contributed by atoms with Crippen molar-refractivity contribution in [2.24, 2.45) is 0 Å². The minimum Gasteiger partial charge on any atom is -0.385 e. The van der Waals surface area contributed by atoms with Crippen LogP contribution in [0.5, 0.6) is 0 Å². The van der Waals surface area contributed by atoms with Gasteiger partial charge in [0, 0.05) is 31.8 Å². The number of piperidine rings is 1. The zero-order valence-electron chi connectivity index (χ0n) is 13.6. The van der Waals surface area contributed by atoms with Gasteiger partial charge in [-0.15, -0.1) is 0 Å². The Morgan fingerprint density at radius 1 is 1.05 bits per heavy atom. The van der Waals surface area contributed by atoms with E-state index in [0.717, 1.165) is 13.0 Å². The smallest absolute Gasteiger partial charge is 0.0476 e. The molecule has 0 aromatic carbocycles. The fourth-order valence-electron chi connectivity index (χ4n) is 3.94. The van der Waals surface area contributed by atoms with Crippen LogP contribution >= 0.6 is 0 Å². The van der Waals surface area contributed by atoms with Gasteiger partial charge in [0.15, 0.2) is 0 Å². The van der Waals surface area contributed by atoms with Crippen LogP contribution in [0.2, 0.25) is 0 Å². The molecule has 0 radical (unpaired) electrons. The number of ether oxygens (including phenoxy) is 1. The van der Waals surface area contributed by atoms with Crippen molar-refractivity contribution < 1.29 is 4.74 Å². The molecular weight excluding hydrogens is 248 g/mol. The molecule has 3 nitrogen and oxygen atoms in total. The topological polar surface area (TPSA) is 24.5 Å². The van der Waals surface area contributed by atoms with Crippen molar-refractivity contribution in [3.05, 3.63) is 0 Å². The predicted molar refractivity (Wildman–Crippen MR) is 85.2 cm³/mol. The summed E-state index contributed by atoms with van der Waals surface area (Å²) in [7, 11) is 1.79. The Labute approximate surface area is 125 Å². The van der Waals surface area contributed by atoms with E-state index in [2.05, 4.69) is 17.1 Å². The average molecular weight is 282 g/mol. The summed E-state index contributed by atoms with van der Waals surface area (Å²) in [6, 6.07) is 0.568. The third-order valence-corrected chi connectivity index (χ3v) is 5.35. The molecule has 1 saturated carbocycles. The quantitative estimate of drug-likeness (QED) is 0.776. The zero-order valence-corrected chi connectivity index (χ0v) is 13.6. The van der Waals surface area contributed by atoms with Crippen molar-refractivity contribution in [1.29, 1.82) is 0 Å². The molecule has 1 heterocycles. The summed E-state index contributed by atoms with van der Waals surface area (Å²) in [4.78, 5) is 2.83. The summed E-state index contributed by atoms with van der Waals surface area (Å²) < 4.78 is 5.20. The number of rotatable bonds is 7. The van der Waals surface area contributed by atoms with E-state index in [1.165, 1.54) is 71.0 Å². The first-order valence-corrected chi connectivity index (χ1v) is 8.74. The molecule has 20 heavy (non-hydrogen) atoms. The third kappa shape index (κ3) is 4.44. The van der Waals surface area contributed by atoms with E-state index in [4.69, 9.17) is 4.74 Å². The molecule has 0 amide bonds. The van der Waals surface area contributed by atoms with E-state index in [1.807, 2.05) is 0 Å². The molecule has 1 N–H and O–H groups in total. The fourth-order valence-corrected chi connectivity index (χ4v) is 3.94. The van der Waals surface area contributed by atoms with Crippen LogP contribution in [-0.2, 0) is 4.74 Å². The monoisotopic (exact) mass is 282 g/mol. The van der Waals surface area contributed by atoms with Gasteiger partial charge in [0.25, 0.3) is 0 Å². The van der Waals surface area contributed by atoms with Gasteiger partial charge in [-0.1, -0.05) is 25.7 Å². The van der Waals surface area contributed by atoms with Gasteiger partial charge in [-0.05, 0) is 52.1 Å². The van der Waals surface area contributed by atoms with Crippen molar-refractivity contribution in [3.63, 3.8) is 0 Å². The molecule has 1 aliphatic carbocycles. The lowest BCUT2D eigenvalue weighted by molar-refractivity contribution is 0.0309. The minimum absolute atomic E-state index is 0.458. The Kier molecular flexibility index (Phi) is 6.79. The van der Waals surface area contributed by atoms with Crippen molar-refractivity contribution in [2.45, 2.75) is 76.3 Å². The SMILES string of the molecule is COCCC(C)NCC1(N2CCCCC2)CCCCC1. The number of hydrogen-bond donors (Lipinski definition) is 1. The highest BCUT2D eigenvalue weighted by molar-refractivity contribution is 4.96. The Bertz CT molecular complexity index is 258. The highest BCUT2D eigenvalue weighted by atomic mass is 16.5. The van der Waals surface area contributed by atoms with Crippen LogP contribution in [0, 0.1) is 0 Å². The lowest BCUT2D eigenvalue weighted by Gasteiger charge is -2.49. The average Bonchev–Trinajstić information content (AvgIpc) is 2.52. The maximum atomic E-state index is 5.20. The first-order valence-electron chi connectivity index (χ1n) is 8.74. The van der Waals surface area contributed by atoms with Gasteiger partial charge < -0.3 is 10.1 Å². The van der Waals surface area contributed by atoms with Crippen molar-refractivity contribution in [2.75, 3.05) is 33.4 Å². The molecule has 1 atom stereocenters. The van der Waals surface area contributed by atoms with Gasteiger partial charge in [-0.2, -0.15) is 0 Å². The maximum absolute atomic E-state index is 5.20. The highest BCUT2D eigenvalue weighted by Crippen LogP contribution is 2.35. The van der Waals surface area contributed by atoms with Crippen LogP contribution in [0.3, 0.4) is 0 Å². The first-order chi connectivity index (χ1) is 9.77. The number of nitrogens with one attached hydrogen (secondary N) is 1. The molecule has 1 unspecified atom stereocenters. The molecule has 1 saturated heterocycles. The van der Waals surface area contributed by atoms with E-state index >= 15 is 0 Å². The standard InChI is InChI=1S/C17H34N2O/c1-16(9-14-20-2)18-15-17(10-5-3-6-11-17)19-12-7-4-8-13-19/h16,18H,3-15H2,1-2H3. The Hall–Kier alpha value is -0.120. The minimum atomic E-state index is 0.458. The van der Waals surface area contributed by atoms with Gasteiger partial charge in [0.05, 0.1) is 0 Å². The first kappa shape index (κ1) is 16.3. The molecule has 0 aromatic heterocycles. The van der Waals surface area contributed by atoms with Crippen molar-refractivity contribution >= 4 is 0 Å². The van der Waals surface area contributed by atoms with E-state index in [0.29, 0.717) is 11.6 Å². The van der Waals surface area contributed by atoms with Crippen LogP contribution in [0.25, 0.3) is 0 Å². The van der Waals surface area contributed by atoms with E-state index in [9.17, 15) is 0 Å². The van der Waals surface area contributed by atoms with Crippen molar-refractivity contribution in [1.82, 2.24) is 10.2 Å². The Morgan fingerprint density at radius 3 is 2.35 bits per heavy atom. The van der Waals surface area contributed by atoms with Crippen LogP contribution in [-0.4, -0.2) is 49.8 Å². The zero-order chi connectivity index (χ0) is 14.3. The van der Waals surface area contributed by atoms with Gasteiger partial charge in [0.2, 0.25) is 0 Å². The van der Waals surface area contributed by atoms with Crippen molar-refractivity contribution in [3.8, 4) is 0 Å². The lowest BCUT2D eigenvalue weighted by Crippen LogP contribution is -2.58. The van der Waals surface area contributed by atoms with Gasteiger partial charge >= 0.3 is 0 Å². The molecule has 1 aliphatic heterocycles. The molecule has 2 fully saturated rings. The van der Waals surface area contributed by atoms with E-state index in [1.54, 1.807) is 7.11 Å². The predicted octanol–water partition coefficient (Wildman–Crippen LogP) is 3.19. The highest BCUT2D eigenvalue weighted by Gasteiger charge is 2.38. The third-order valence-electron chi connectivity index (χ3n) is 5.35. The van der Waals surface area contributed by atoms with Gasteiger partial charge in [-0.25, -0.2) is 0 Å². The molecule has 0 aromatic rings. The second kappa shape index (κ2) is 8.35.